The zero-order chi connectivity index (χ0) is 54.8. The number of hydrogen-bond acceptors (Lipinski definition) is 7. The molecule has 2 unspecified atom stereocenters. The molecule has 0 aromatic rings. The van der Waals surface area contributed by atoms with Crippen molar-refractivity contribution < 1.29 is 61.2 Å². The van der Waals surface area contributed by atoms with Crippen LogP contribution in [0.2, 0.25) is 0 Å². The average molecular weight is 725 g/mol. The Balaban J connectivity index is 1.88. The maximum atomic E-state index is 15.3. The van der Waals surface area contributed by atoms with Crippen molar-refractivity contribution in [3.05, 3.63) is 0 Å². The number of carbonyl (C=O) groups is 5. The van der Waals surface area contributed by atoms with Crippen molar-refractivity contribution in [2.24, 2.45) is 45.8 Å². The van der Waals surface area contributed by atoms with Crippen molar-refractivity contribution in [3.8, 4) is 0 Å². The molecule has 0 bridgehead atoms. The molecule has 4 aliphatic rings. The highest BCUT2D eigenvalue weighted by molar-refractivity contribution is 7.92. The van der Waals surface area contributed by atoms with E-state index in [1.807, 2.05) is 0 Å². The highest BCUT2D eigenvalue weighted by atomic mass is 32.2. The van der Waals surface area contributed by atoms with Crippen LogP contribution in [0.5, 0.6) is 0 Å². The summed E-state index contributed by atoms with van der Waals surface area (Å²) in [5.41, 5.74) is -6.84. The number of Topliss-reactive ketones (excluding diaryl/α,β-unsaturated/α-hetero) is 4. The van der Waals surface area contributed by atoms with Crippen LogP contribution in [0, 0.1) is 45.8 Å². The SMILES string of the molecule is [2H]C([2H])([2H])CC([2H])([2H])C[C@]([2H])(CC(=O)C1[C@@H]2[C@H](CN1C(=O)[C@@H](CC(=O)CC1(CS(=O)(=O)C(C)(C)C([2H])([2H])[2H])CCC([2H])([2H])C([2H])([2H])C1([2H])[2H])C(C)(C([2H])([2H])[2H])C([2H])([2H])[2H])C2(C)C)C(=O)C(=O)CC1CC1. The first-order valence-corrected chi connectivity index (χ1v) is 18.5. The summed E-state index contributed by atoms with van der Waals surface area (Å²) in [4.78, 5) is 72.7. The fourth-order valence-corrected chi connectivity index (χ4v) is 8.77. The van der Waals surface area contributed by atoms with Crippen LogP contribution in [0.25, 0.3) is 0 Å². The van der Waals surface area contributed by atoms with E-state index >= 15 is 4.79 Å². The fraction of sp³-hybridized carbons (Fsp3) is 0.875. The van der Waals surface area contributed by atoms with Gasteiger partial charge in [0.05, 0.1) is 16.5 Å². The highest BCUT2D eigenvalue weighted by Gasteiger charge is 2.69. The summed E-state index contributed by atoms with van der Waals surface area (Å²) < 4.78 is 201. The number of likely N-dealkylation sites (tertiary alicyclic amines) is 1. The summed E-state index contributed by atoms with van der Waals surface area (Å²) in [6.45, 7) is -8.34. The van der Waals surface area contributed by atoms with E-state index in [9.17, 15) is 29.0 Å². The van der Waals surface area contributed by atoms with E-state index < -0.39 is 200 Å². The Morgan fingerprint density at radius 1 is 1.06 bits per heavy atom. The Labute approximate surface area is 326 Å². The normalized spacial score (nSPS) is 39.4. The van der Waals surface area contributed by atoms with E-state index in [0.717, 1.165) is 18.7 Å². The van der Waals surface area contributed by atoms with Gasteiger partial charge < -0.3 is 4.90 Å². The predicted molar refractivity (Wildman–Crippen MR) is 192 cm³/mol. The van der Waals surface area contributed by atoms with E-state index in [1.54, 1.807) is 13.8 Å². The topological polar surface area (TPSA) is 123 Å². The van der Waals surface area contributed by atoms with E-state index in [-0.39, 0.29) is 12.3 Å². The molecule has 3 saturated carbocycles. The van der Waals surface area contributed by atoms with E-state index in [1.165, 1.54) is 0 Å². The summed E-state index contributed by atoms with van der Waals surface area (Å²) in [6, 6.07) is -1.73. The van der Waals surface area contributed by atoms with Crippen molar-refractivity contribution in [1.29, 1.82) is 0 Å². The van der Waals surface area contributed by atoms with E-state index in [2.05, 4.69) is 0 Å². The van der Waals surface area contributed by atoms with Gasteiger partial charge in [0, 0.05) is 72.8 Å². The molecule has 0 aromatic carbocycles. The zero-order valence-electron chi connectivity index (χ0n) is 50.1. The summed E-state index contributed by atoms with van der Waals surface area (Å²) in [7, 11) is -5.14. The molecule has 1 amide bonds. The van der Waals surface area contributed by atoms with Gasteiger partial charge >= 0.3 is 0 Å². The van der Waals surface area contributed by atoms with Crippen molar-refractivity contribution in [2.75, 3.05) is 12.3 Å². The second kappa shape index (κ2) is 14.6. The van der Waals surface area contributed by atoms with Crippen LogP contribution in [0.3, 0.4) is 0 Å². The van der Waals surface area contributed by atoms with Gasteiger partial charge in [-0.3, -0.25) is 24.0 Å². The summed E-state index contributed by atoms with van der Waals surface area (Å²) in [6.07, 6.45) is -20.6. The van der Waals surface area contributed by atoms with Gasteiger partial charge in [-0.25, -0.2) is 8.42 Å². The Morgan fingerprint density at radius 2 is 1.78 bits per heavy atom. The van der Waals surface area contributed by atoms with Crippen molar-refractivity contribution in [1.82, 2.24) is 4.90 Å². The van der Waals surface area contributed by atoms with Crippen molar-refractivity contribution in [3.63, 3.8) is 0 Å². The van der Waals surface area contributed by atoms with E-state index in [0.29, 0.717) is 19.8 Å². The smallest absolute Gasteiger partial charge is 0.227 e. The summed E-state index contributed by atoms with van der Waals surface area (Å²) in [5, 5.41) is 0. The van der Waals surface area contributed by atoms with Crippen LogP contribution in [0.1, 0.15) is 181 Å². The third kappa shape index (κ3) is 9.13. The molecule has 8 nitrogen and oxygen atoms in total. The summed E-state index contributed by atoms with van der Waals surface area (Å²) in [5.74, 6) is -15.2. The minimum atomic E-state index is -5.14. The number of piperidine rings is 1. The van der Waals surface area contributed by atoms with Gasteiger partial charge in [0.15, 0.2) is 21.4 Å². The molecule has 0 radical (unpaired) electrons. The fourth-order valence-electron chi connectivity index (χ4n) is 7.36. The molecule has 0 N–H and O–H groups in total. The lowest BCUT2D eigenvalue weighted by atomic mass is 9.70. The van der Waals surface area contributed by atoms with Gasteiger partial charge in [-0.1, -0.05) is 73.3 Å². The standard InChI is InChI=1S/C40H65NO7S/c1-10-11-15-27(35(45)32(44)20-26-16-17-26)21-31(43)34-33-30(39(33,8)9)24-41(34)36(46)29(37(2,3)4)22-28(42)23-40(18-13-12-14-19-40)25-49(47,48)38(5,6)7/h26-27,29-30,33-34H,10-25H2,1-9H3/t27-,29-,30+,33+,34?/m1/s1/i1D3,2D3,3D3,5D3,11D2,12D2,13D2,18D2,27D/t27-,29-,30+,33+,34?,40?. The Bertz CT molecular complexity index is 2200. The van der Waals surface area contributed by atoms with Crippen molar-refractivity contribution in [2.45, 2.75) is 163 Å². The van der Waals surface area contributed by atoms with Gasteiger partial charge in [-0.2, -0.15) is 0 Å². The quantitative estimate of drug-likeness (QED) is 0.144. The molecule has 6 atom stereocenters. The maximum absolute atomic E-state index is 15.3. The molecule has 4 fully saturated rings. The first-order chi connectivity index (χ1) is 30.7. The lowest BCUT2D eigenvalue weighted by molar-refractivity contribution is -0.148. The molecule has 1 heterocycles. The molecular formula is C40H65NO7S. The monoisotopic (exact) mass is 725 g/mol. The third-order valence-electron chi connectivity index (χ3n) is 10.8. The molecule has 278 valence electrons. The number of carbonyl (C=O) groups excluding carboxylic acids is 5. The molecule has 9 heteroatoms. The second-order valence-electron chi connectivity index (χ2n) is 15.8. The Morgan fingerprint density at radius 3 is 2.41 bits per heavy atom. The molecule has 3 aliphatic carbocycles. The second-order valence-corrected chi connectivity index (χ2v) is 18.3. The number of nitrogens with zero attached hydrogens (tertiary/aromatic N) is 1. The molecule has 0 aromatic heterocycles. The average Bonchev–Trinajstić information content (AvgIpc) is 3.98. The van der Waals surface area contributed by atoms with Gasteiger partial charge in [0.1, 0.15) is 5.78 Å². The summed E-state index contributed by atoms with van der Waals surface area (Å²) >= 11 is 0. The predicted octanol–water partition coefficient (Wildman–Crippen LogP) is 7.35. The number of rotatable bonds is 17. The molecule has 1 saturated heterocycles. The first-order valence-electron chi connectivity index (χ1n) is 27.4. The van der Waals surface area contributed by atoms with Crippen LogP contribution in [-0.4, -0.2) is 65.4 Å². The molecular weight excluding hydrogens is 639 g/mol. The molecule has 0 spiro atoms. The van der Waals surface area contributed by atoms with Gasteiger partial charge in [0.2, 0.25) is 11.7 Å². The van der Waals surface area contributed by atoms with Crippen LogP contribution < -0.4 is 0 Å². The maximum Gasteiger partial charge on any atom is 0.227 e. The lowest BCUT2D eigenvalue weighted by Gasteiger charge is -2.40. The number of fused-ring (bicyclic) bond motifs is 1. The minimum Gasteiger partial charge on any atom is -0.332 e. The zero-order valence-corrected chi connectivity index (χ0v) is 29.9. The number of ketones is 4. The van der Waals surface area contributed by atoms with Gasteiger partial charge in [0.25, 0.3) is 0 Å². The largest absolute Gasteiger partial charge is 0.332 e. The van der Waals surface area contributed by atoms with E-state index in [4.69, 9.17) is 27.4 Å². The van der Waals surface area contributed by atoms with Crippen LogP contribution >= 0.6 is 0 Å². The number of hydrogen-bond donors (Lipinski definition) is 0. The minimum absolute atomic E-state index is 0.209. The van der Waals surface area contributed by atoms with Gasteiger partial charge in [-0.15, -0.1) is 0 Å². The molecule has 49 heavy (non-hydrogen) atoms. The lowest BCUT2D eigenvalue weighted by Crippen LogP contribution is -2.51. The molecule has 4 rings (SSSR count). The number of amides is 1. The Kier molecular flexibility index (Phi) is 5.91. The first kappa shape index (κ1) is 19.8. The van der Waals surface area contributed by atoms with Crippen LogP contribution in [-0.2, 0) is 33.8 Å². The van der Waals surface area contributed by atoms with Crippen LogP contribution in [0.15, 0.2) is 0 Å². The number of sulfone groups is 1. The van der Waals surface area contributed by atoms with Crippen LogP contribution in [0.4, 0.5) is 0 Å². The Hall–Kier alpha value is -1.90. The highest BCUT2D eigenvalue weighted by Crippen LogP contribution is 2.65. The van der Waals surface area contributed by atoms with Gasteiger partial charge in [-0.05, 0) is 86.8 Å². The third-order valence-corrected chi connectivity index (χ3v) is 13.3. The van der Waals surface area contributed by atoms with Crippen molar-refractivity contribution >= 4 is 38.9 Å². The molecule has 1 aliphatic heterocycles.